The fourth-order valence-electron chi connectivity index (χ4n) is 9.46. The number of hydrogen-bond acceptors (Lipinski definition) is 4. The molecule has 0 amide bonds. The monoisotopic (exact) mass is 720 g/mol. The molecule has 0 spiro atoms. The van der Waals surface area contributed by atoms with Gasteiger partial charge in [0.05, 0.1) is 5.39 Å². The van der Waals surface area contributed by atoms with Gasteiger partial charge in [0.1, 0.15) is 33.5 Å². The summed E-state index contributed by atoms with van der Waals surface area (Å²) in [6.07, 6.45) is 0. The predicted octanol–water partition coefficient (Wildman–Crippen LogP) is 12.3. The lowest BCUT2D eigenvalue weighted by atomic mass is 9.63. The minimum atomic E-state index is -1.63. The molecule has 0 bridgehead atoms. The number of para-hydroxylation sites is 2. The zero-order valence-corrected chi connectivity index (χ0v) is 30.0. The Bertz CT molecular complexity index is 3420. The van der Waals surface area contributed by atoms with Gasteiger partial charge in [0.15, 0.2) is 0 Å². The summed E-state index contributed by atoms with van der Waals surface area (Å²) in [5.41, 5.74) is 5.46. The molecule has 9 aromatic carbocycles. The fraction of sp³-hybridized carbons (Fsp3) is 0.0385. The van der Waals surface area contributed by atoms with Crippen LogP contribution in [-0.2, 0) is 11.2 Å². The summed E-state index contributed by atoms with van der Waals surface area (Å²) in [6, 6.07) is 60.9. The smallest absolute Gasteiger partial charge is 0.147 e. The number of rotatable bonds is 3. The SMILES string of the molecule is OC1(c2ccc3ccccc3c2)c2ccccc2C(O)(c2ccc3ccccc3c2)c2cc(-c3cc4c5ccccc5oc4c4c3oc3ccccc34)ccc21. The molecular weight excluding hydrogens is 689 g/mol. The quantitative estimate of drug-likeness (QED) is 0.191. The molecule has 2 atom stereocenters. The zero-order chi connectivity index (χ0) is 37.2. The Balaban J connectivity index is 1.20. The van der Waals surface area contributed by atoms with Gasteiger partial charge in [-0.25, -0.2) is 0 Å². The number of benzene rings is 9. The topological polar surface area (TPSA) is 66.7 Å². The summed E-state index contributed by atoms with van der Waals surface area (Å²) in [5.74, 6) is 0. The van der Waals surface area contributed by atoms with Gasteiger partial charge in [0, 0.05) is 21.7 Å². The normalized spacial score (nSPS) is 18.0. The minimum absolute atomic E-state index is 0.598. The van der Waals surface area contributed by atoms with Gasteiger partial charge in [-0.2, -0.15) is 0 Å². The van der Waals surface area contributed by atoms with E-state index >= 15 is 0 Å². The van der Waals surface area contributed by atoms with Gasteiger partial charge in [0.25, 0.3) is 0 Å². The second-order valence-corrected chi connectivity index (χ2v) is 15.1. The molecule has 4 heteroatoms. The Hall–Kier alpha value is -6.98. The van der Waals surface area contributed by atoms with Gasteiger partial charge in [-0.05, 0) is 96.9 Å². The zero-order valence-electron chi connectivity index (χ0n) is 30.0. The van der Waals surface area contributed by atoms with Gasteiger partial charge >= 0.3 is 0 Å². The molecule has 12 rings (SSSR count). The molecule has 2 heterocycles. The number of fused-ring (bicyclic) bond motifs is 11. The largest absolute Gasteiger partial charge is 0.455 e. The Morgan fingerprint density at radius 3 is 1.52 bits per heavy atom. The van der Waals surface area contributed by atoms with Gasteiger partial charge < -0.3 is 19.0 Å². The van der Waals surface area contributed by atoms with E-state index in [1.165, 1.54) is 0 Å². The van der Waals surface area contributed by atoms with Crippen molar-refractivity contribution in [2.75, 3.05) is 0 Å². The molecule has 11 aromatic rings. The molecule has 56 heavy (non-hydrogen) atoms. The van der Waals surface area contributed by atoms with Crippen LogP contribution >= 0.6 is 0 Å². The Labute approximate surface area is 321 Å². The van der Waals surface area contributed by atoms with E-state index in [-0.39, 0.29) is 0 Å². The van der Waals surface area contributed by atoms with Crippen molar-refractivity contribution in [1.82, 2.24) is 0 Å². The van der Waals surface area contributed by atoms with E-state index in [1.54, 1.807) is 0 Å². The lowest BCUT2D eigenvalue weighted by Gasteiger charge is -2.45. The van der Waals surface area contributed by atoms with Crippen molar-refractivity contribution in [3.8, 4) is 11.1 Å². The van der Waals surface area contributed by atoms with E-state index in [1.807, 2.05) is 103 Å². The van der Waals surface area contributed by atoms with Crippen molar-refractivity contribution in [3.05, 3.63) is 215 Å². The van der Waals surface area contributed by atoms with Gasteiger partial charge in [-0.15, -0.1) is 0 Å². The van der Waals surface area contributed by atoms with E-state index in [4.69, 9.17) is 8.83 Å². The first-order chi connectivity index (χ1) is 27.5. The van der Waals surface area contributed by atoms with Gasteiger partial charge in [0.2, 0.25) is 0 Å². The van der Waals surface area contributed by atoms with Crippen LogP contribution in [0.4, 0.5) is 0 Å². The predicted molar refractivity (Wildman–Crippen MR) is 225 cm³/mol. The Morgan fingerprint density at radius 1 is 0.357 bits per heavy atom. The molecule has 2 N–H and O–H groups in total. The lowest BCUT2D eigenvalue weighted by molar-refractivity contribution is 0.0750. The molecular formula is C52H32O4. The van der Waals surface area contributed by atoms with Crippen LogP contribution in [0.15, 0.2) is 191 Å². The molecule has 0 fully saturated rings. The molecule has 0 aliphatic heterocycles. The maximum Gasteiger partial charge on any atom is 0.147 e. The van der Waals surface area contributed by atoms with Gasteiger partial charge in [-0.1, -0.05) is 146 Å². The Morgan fingerprint density at radius 2 is 0.857 bits per heavy atom. The highest BCUT2D eigenvalue weighted by Crippen LogP contribution is 2.55. The summed E-state index contributed by atoms with van der Waals surface area (Å²) in [5, 5.41) is 35.3. The van der Waals surface area contributed by atoms with E-state index in [2.05, 4.69) is 78.9 Å². The molecule has 2 unspecified atom stereocenters. The van der Waals surface area contributed by atoms with E-state index in [0.29, 0.717) is 33.4 Å². The number of aliphatic hydroxyl groups is 2. The summed E-state index contributed by atoms with van der Waals surface area (Å²) >= 11 is 0. The molecule has 1 aliphatic carbocycles. The minimum Gasteiger partial charge on any atom is -0.455 e. The highest BCUT2D eigenvalue weighted by molar-refractivity contribution is 6.25. The van der Waals surface area contributed by atoms with Crippen LogP contribution in [0.2, 0.25) is 0 Å². The van der Waals surface area contributed by atoms with Crippen LogP contribution in [0.5, 0.6) is 0 Å². The van der Waals surface area contributed by atoms with Crippen molar-refractivity contribution in [2.24, 2.45) is 0 Å². The van der Waals surface area contributed by atoms with Crippen molar-refractivity contribution in [3.63, 3.8) is 0 Å². The van der Waals surface area contributed by atoms with Crippen LogP contribution in [0.3, 0.4) is 0 Å². The van der Waals surface area contributed by atoms with Crippen LogP contribution < -0.4 is 0 Å². The van der Waals surface area contributed by atoms with Gasteiger partial charge in [-0.3, -0.25) is 0 Å². The molecule has 0 saturated carbocycles. The number of furan rings is 2. The van der Waals surface area contributed by atoms with Crippen molar-refractivity contribution >= 4 is 65.4 Å². The van der Waals surface area contributed by atoms with E-state index < -0.39 is 11.2 Å². The van der Waals surface area contributed by atoms with Crippen molar-refractivity contribution in [1.29, 1.82) is 0 Å². The standard InChI is InChI=1S/C52H32O4/c53-51(36-24-21-31-11-1-3-13-33(31)27-36)42-17-7-8-18-43(42)52(54,37-25-22-32-12-2-4-14-34(32)28-37)45-29-35(23-26-44(45)51)40-30-41-38-15-5-9-19-46(38)55-50(41)48-39-16-6-10-20-47(39)56-49(40)48/h1-30,53-54H. The third kappa shape index (κ3) is 4.14. The first kappa shape index (κ1) is 31.4. The lowest BCUT2D eigenvalue weighted by Crippen LogP contribution is -2.44. The fourth-order valence-corrected chi connectivity index (χ4v) is 9.46. The summed E-state index contributed by atoms with van der Waals surface area (Å²) in [6.45, 7) is 0. The molecule has 0 radical (unpaired) electrons. The summed E-state index contributed by atoms with van der Waals surface area (Å²) < 4.78 is 13.3. The van der Waals surface area contributed by atoms with E-state index in [9.17, 15) is 10.2 Å². The first-order valence-corrected chi connectivity index (χ1v) is 18.9. The van der Waals surface area contributed by atoms with E-state index in [0.717, 1.165) is 76.5 Å². The molecule has 4 nitrogen and oxygen atoms in total. The molecule has 1 aliphatic rings. The Kier molecular flexibility index (Phi) is 6.32. The highest BCUT2D eigenvalue weighted by atomic mass is 16.3. The van der Waals surface area contributed by atoms with Crippen LogP contribution in [0, 0.1) is 0 Å². The molecule has 0 saturated heterocycles. The summed E-state index contributed by atoms with van der Waals surface area (Å²) in [7, 11) is 0. The third-order valence-electron chi connectivity index (χ3n) is 12.1. The second-order valence-electron chi connectivity index (χ2n) is 15.1. The first-order valence-electron chi connectivity index (χ1n) is 18.9. The maximum atomic E-state index is 13.7. The van der Waals surface area contributed by atoms with Crippen LogP contribution in [0.25, 0.3) is 76.5 Å². The number of hydrogen-bond donors (Lipinski definition) is 2. The highest BCUT2D eigenvalue weighted by Gasteiger charge is 2.51. The van der Waals surface area contributed by atoms with Crippen molar-refractivity contribution in [2.45, 2.75) is 11.2 Å². The molecule has 2 aromatic heterocycles. The van der Waals surface area contributed by atoms with Crippen LogP contribution in [0.1, 0.15) is 33.4 Å². The van der Waals surface area contributed by atoms with Crippen LogP contribution in [-0.4, -0.2) is 10.2 Å². The average molecular weight is 721 g/mol. The third-order valence-corrected chi connectivity index (χ3v) is 12.1. The van der Waals surface area contributed by atoms with Crippen molar-refractivity contribution < 1.29 is 19.0 Å². The average Bonchev–Trinajstić information content (AvgIpc) is 3.83. The molecule has 264 valence electrons. The summed E-state index contributed by atoms with van der Waals surface area (Å²) in [4.78, 5) is 0. The second kappa shape index (κ2) is 11.3. The maximum absolute atomic E-state index is 13.7.